The van der Waals surface area contributed by atoms with Crippen LogP contribution >= 0.6 is 0 Å². The van der Waals surface area contributed by atoms with Crippen molar-refractivity contribution in [2.75, 3.05) is 45.3 Å². The molecular formula is C23H30N2O3. The Labute approximate surface area is 167 Å². The van der Waals surface area contributed by atoms with E-state index in [1.54, 1.807) is 21.1 Å². The number of hydrogen-bond acceptors (Lipinski definition) is 5. The van der Waals surface area contributed by atoms with Gasteiger partial charge in [-0.05, 0) is 62.2 Å². The lowest BCUT2D eigenvalue weighted by Gasteiger charge is -2.39. The molecule has 2 aromatic rings. The summed E-state index contributed by atoms with van der Waals surface area (Å²) >= 11 is 0. The third kappa shape index (κ3) is 4.65. The minimum atomic E-state index is 0.111. The average molecular weight is 383 g/mol. The zero-order chi connectivity index (χ0) is 20.1. The van der Waals surface area contributed by atoms with Crippen LogP contribution in [0.15, 0.2) is 42.5 Å². The summed E-state index contributed by atoms with van der Waals surface area (Å²) in [5.41, 5.74) is 3.22. The fourth-order valence-corrected chi connectivity index (χ4v) is 3.81. The number of anilines is 1. The molecule has 0 bridgehead atoms. The van der Waals surface area contributed by atoms with E-state index in [0.29, 0.717) is 6.04 Å². The van der Waals surface area contributed by atoms with E-state index < -0.39 is 0 Å². The summed E-state index contributed by atoms with van der Waals surface area (Å²) in [6.07, 6.45) is 0.980. The Balaban J connectivity index is 1.56. The van der Waals surface area contributed by atoms with Gasteiger partial charge < -0.3 is 14.4 Å². The van der Waals surface area contributed by atoms with E-state index in [2.05, 4.69) is 41.0 Å². The summed E-state index contributed by atoms with van der Waals surface area (Å²) < 4.78 is 10.8. The Morgan fingerprint density at radius 1 is 0.964 bits per heavy atom. The number of methoxy groups -OCH3 is 2. The maximum Gasteiger partial charge on any atom is 0.160 e. The first kappa shape index (κ1) is 20.2. The third-order valence-corrected chi connectivity index (χ3v) is 5.56. The molecule has 1 atom stereocenters. The van der Waals surface area contributed by atoms with Crippen LogP contribution in [0.2, 0.25) is 0 Å². The van der Waals surface area contributed by atoms with Crippen molar-refractivity contribution >= 4 is 11.5 Å². The predicted molar refractivity (Wildman–Crippen MR) is 113 cm³/mol. The normalized spacial score (nSPS) is 15.9. The Hall–Kier alpha value is -2.53. The SMILES string of the molecule is COc1ccc(C[C@@H](C)N2CCN(c3ccc(C(C)=O)cc3)CC2)cc1OC. The van der Waals surface area contributed by atoms with E-state index in [9.17, 15) is 4.79 Å². The van der Waals surface area contributed by atoms with Crippen molar-refractivity contribution in [3.05, 3.63) is 53.6 Å². The molecule has 0 N–H and O–H groups in total. The van der Waals surface area contributed by atoms with Gasteiger partial charge >= 0.3 is 0 Å². The highest BCUT2D eigenvalue weighted by Crippen LogP contribution is 2.28. The van der Waals surface area contributed by atoms with Crippen LogP contribution in [0.5, 0.6) is 11.5 Å². The molecule has 150 valence electrons. The summed E-state index contributed by atoms with van der Waals surface area (Å²) in [6.45, 7) is 7.94. The highest BCUT2D eigenvalue weighted by Gasteiger charge is 2.22. The molecule has 0 radical (unpaired) electrons. The molecule has 0 amide bonds. The lowest BCUT2D eigenvalue weighted by molar-refractivity contribution is 0.101. The molecule has 5 heteroatoms. The molecule has 1 aliphatic rings. The second kappa shape index (κ2) is 9.11. The van der Waals surface area contributed by atoms with Gasteiger partial charge in [0, 0.05) is 43.5 Å². The van der Waals surface area contributed by atoms with Gasteiger partial charge in [0.2, 0.25) is 0 Å². The molecule has 5 nitrogen and oxygen atoms in total. The fourth-order valence-electron chi connectivity index (χ4n) is 3.81. The zero-order valence-corrected chi connectivity index (χ0v) is 17.3. The molecule has 1 saturated heterocycles. The maximum atomic E-state index is 11.4. The molecule has 1 heterocycles. The van der Waals surface area contributed by atoms with Gasteiger partial charge in [0.05, 0.1) is 14.2 Å². The quantitative estimate of drug-likeness (QED) is 0.684. The lowest BCUT2D eigenvalue weighted by Crippen LogP contribution is -2.50. The first-order valence-corrected chi connectivity index (χ1v) is 9.82. The fraction of sp³-hybridized carbons (Fsp3) is 0.435. The lowest BCUT2D eigenvalue weighted by atomic mass is 10.0. The molecule has 0 spiro atoms. The topological polar surface area (TPSA) is 42.0 Å². The van der Waals surface area contributed by atoms with Gasteiger partial charge in [-0.25, -0.2) is 0 Å². The number of Topliss-reactive ketones (excluding diaryl/α,β-unsaturated/α-hetero) is 1. The van der Waals surface area contributed by atoms with E-state index in [1.165, 1.54) is 11.3 Å². The number of benzene rings is 2. The predicted octanol–water partition coefficient (Wildman–Crippen LogP) is 3.66. The van der Waals surface area contributed by atoms with Crippen LogP contribution in [0.1, 0.15) is 29.8 Å². The van der Waals surface area contributed by atoms with Crippen molar-refractivity contribution in [3.8, 4) is 11.5 Å². The van der Waals surface area contributed by atoms with Gasteiger partial charge in [0.1, 0.15) is 0 Å². The number of rotatable bonds is 7. The third-order valence-electron chi connectivity index (χ3n) is 5.56. The summed E-state index contributed by atoms with van der Waals surface area (Å²) in [7, 11) is 3.33. The standard InChI is InChI=1S/C23H30N2O3/c1-17(15-19-5-10-22(27-3)23(16-19)28-4)24-11-13-25(14-12-24)21-8-6-20(7-9-21)18(2)26/h5-10,16-17H,11-15H2,1-4H3/t17-/m1/s1. The van der Waals surface area contributed by atoms with Gasteiger partial charge in [-0.1, -0.05) is 6.07 Å². The molecule has 1 fully saturated rings. The molecule has 2 aromatic carbocycles. The average Bonchev–Trinajstić information content (AvgIpc) is 2.73. The summed E-state index contributed by atoms with van der Waals surface area (Å²) in [4.78, 5) is 16.4. The van der Waals surface area contributed by atoms with E-state index in [4.69, 9.17) is 9.47 Å². The summed E-state index contributed by atoms with van der Waals surface area (Å²) in [5, 5.41) is 0. The van der Waals surface area contributed by atoms with Crippen LogP contribution in [-0.4, -0.2) is 57.1 Å². The van der Waals surface area contributed by atoms with E-state index >= 15 is 0 Å². The molecule has 0 aromatic heterocycles. The van der Waals surface area contributed by atoms with Crippen LogP contribution < -0.4 is 14.4 Å². The van der Waals surface area contributed by atoms with Crippen molar-refractivity contribution in [3.63, 3.8) is 0 Å². The highest BCUT2D eigenvalue weighted by atomic mass is 16.5. The van der Waals surface area contributed by atoms with Crippen LogP contribution in [0.4, 0.5) is 5.69 Å². The van der Waals surface area contributed by atoms with Crippen molar-refractivity contribution in [2.24, 2.45) is 0 Å². The highest BCUT2D eigenvalue weighted by molar-refractivity contribution is 5.94. The Morgan fingerprint density at radius 2 is 1.61 bits per heavy atom. The summed E-state index contributed by atoms with van der Waals surface area (Å²) in [6, 6.07) is 14.6. The van der Waals surface area contributed by atoms with Crippen LogP contribution in [0.3, 0.4) is 0 Å². The number of carbonyl (C=O) groups excluding carboxylic acids is 1. The number of nitrogens with zero attached hydrogens (tertiary/aromatic N) is 2. The van der Waals surface area contributed by atoms with Crippen molar-refractivity contribution < 1.29 is 14.3 Å². The van der Waals surface area contributed by atoms with Gasteiger partial charge in [0.25, 0.3) is 0 Å². The molecule has 0 aliphatic carbocycles. The molecule has 3 rings (SSSR count). The molecule has 28 heavy (non-hydrogen) atoms. The van der Waals surface area contributed by atoms with Crippen molar-refractivity contribution in [1.29, 1.82) is 0 Å². The second-order valence-corrected chi connectivity index (χ2v) is 7.37. The van der Waals surface area contributed by atoms with Crippen molar-refractivity contribution in [2.45, 2.75) is 26.3 Å². The second-order valence-electron chi connectivity index (χ2n) is 7.37. The monoisotopic (exact) mass is 382 g/mol. The van der Waals surface area contributed by atoms with Gasteiger partial charge in [-0.3, -0.25) is 9.69 Å². The number of ketones is 1. The Bertz CT molecular complexity index is 796. The van der Waals surface area contributed by atoms with Gasteiger partial charge in [-0.15, -0.1) is 0 Å². The summed E-state index contributed by atoms with van der Waals surface area (Å²) in [5.74, 6) is 1.66. The molecule has 0 saturated carbocycles. The zero-order valence-electron chi connectivity index (χ0n) is 17.3. The van der Waals surface area contributed by atoms with Gasteiger partial charge in [0.15, 0.2) is 17.3 Å². The first-order valence-electron chi connectivity index (χ1n) is 9.82. The van der Waals surface area contributed by atoms with E-state index in [-0.39, 0.29) is 5.78 Å². The Kier molecular flexibility index (Phi) is 6.57. The van der Waals surface area contributed by atoms with E-state index in [1.807, 2.05) is 18.2 Å². The van der Waals surface area contributed by atoms with Crippen LogP contribution in [-0.2, 0) is 6.42 Å². The minimum absolute atomic E-state index is 0.111. The molecule has 0 unspecified atom stereocenters. The number of carbonyl (C=O) groups is 1. The number of piperazine rings is 1. The first-order chi connectivity index (χ1) is 13.5. The minimum Gasteiger partial charge on any atom is -0.493 e. The van der Waals surface area contributed by atoms with Crippen LogP contribution in [0, 0.1) is 0 Å². The number of hydrogen-bond donors (Lipinski definition) is 0. The molecular weight excluding hydrogens is 352 g/mol. The smallest absolute Gasteiger partial charge is 0.160 e. The van der Waals surface area contributed by atoms with E-state index in [0.717, 1.165) is 49.7 Å². The number of ether oxygens (including phenoxy) is 2. The largest absolute Gasteiger partial charge is 0.493 e. The maximum absolute atomic E-state index is 11.4. The Morgan fingerprint density at radius 3 is 2.18 bits per heavy atom. The molecule has 1 aliphatic heterocycles. The van der Waals surface area contributed by atoms with Crippen molar-refractivity contribution in [1.82, 2.24) is 4.90 Å². The van der Waals surface area contributed by atoms with Gasteiger partial charge in [-0.2, -0.15) is 0 Å². The van der Waals surface area contributed by atoms with Crippen LogP contribution in [0.25, 0.3) is 0 Å².